The Bertz CT molecular complexity index is 783. The number of halogens is 2. The third-order valence-electron chi connectivity index (χ3n) is 4.53. The first-order valence-corrected chi connectivity index (χ1v) is 8.69. The van der Waals surface area contributed by atoms with Crippen molar-refractivity contribution in [3.8, 4) is 0 Å². The Hall–Kier alpha value is -2.35. The first-order chi connectivity index (χ1) is 12.5. The molecule has 5 N–H and O–H groups in total. The van der Waals surface area contributed by atoms with E-state index in [0.717, 1.165) is 18.4 Å². The normalized spacial score (nSPS) is 14.2. The molecular formula is C19H25Cl2N5O2. The van der Waals surface area contributed by atoms with Crippen LogP contribution in [-0.2, 0) is 11.3 Å². The zero-order valence-electron chi connectivity index (χ0n) is 15.3. The van der Waals surface area contributed by atoms with E-state index in [9.17, 15) is 9.59 Å². The van der Waals surface area contributed by atoms with Gasteiger partial charge in [-0.3, -0.25) is 9.78 Å². The maximum absolute atomic E-state index is 12.4. The lowest BCUT2D eigenvalue weighted by Gasteiger charge is -2.22. The van der Waals surface area contributed by atoms with Crippen molar-refractivity contribution in [3.05, 3.63) is 54.4 Å². The number of nitrogens with one attached hydrogen (secondary N) is 3. The number of carbonyl (C=O) groups excluding carboxylic acids is 2. The molecule has 7 nitrogen and oxygen atoms in total. The van der Waals surface area contributed by atoms with Gasteiger partial charge in [-0.15, -0.1) is 24.8 Å². The molecule has 1 aromatic carbocycles. The predicted molar refractivity (Wildman–Crippen MR) is 115 cm³/mol. The molecular weight excluding hydrogens is 401 g/mol. The zero-order valence-corrected chi connectivity index (χ0v) is 16.9. The number of hydrogen-bond donors (Lipinski definition) is 4. The van der Waals surface area contributed by atoms with Crippen molar-refractivity contribution in [2.45, 2.75) is 37.8 Å². The lowest BCUT2D eigenvalue weighted by Crippen LogP contribution is -2.48. The van der Waals surface area contributed by atoms with Crippen LogP contribution in [0.15, 0.2) is 48.8 Å². The van der Waals surface area contributed by atoms with Crippen LogP contribution in [0.4, 0.5) is 16.2 Å². The highest BCUT2D eigenvalue weighted by Gasteiger charge is 2.36. The van der Waals surface area contributed by atoms with E-state index >= 15 is 0 Å². The number of amides is 3. The summed E-state index contributed by atoms with van der Waals surface area (Å²) < 4.78 is 0. The van der Waals surface area contributed by atoms with E-state index in [1.165, 1.54) is 0 Å². The highest BCUT2D eigenvalue weighted by atomic mass is 35.5. The van der Waals surface area contributed by atoms with Gasteiger partial charge in [-0.25, -0.2) is 4.79 Å². The molecule has 1 saturated carbocycles. The summed E-state index contributed by atoms with van der Waals surface area (Å²) in [6, 6.07) is 10.4. The highest BCUT2D eigenvalue weighted by Crippen LogP contribution is 2.28. The molecule has 0 radical (unpaired) electrons. The van der Waals surface area contributed by atoms with E-state index in [4.69, 9.17) is 5.73 Å². The Kier molecular flexibility index (Phi) is 9.18. The molecule has 1 aromatic heterocycles. The molecule has 0 atom stereocenters. The molecule has 1 fully saturated rings. The molecule has 0 aliphatic heterocycles. The average Bonchev–Trinajstić information content (AvgIpc) is 3.09. The Labute approximate surface area is 176 Å². The fraction of sp³-hybridized carbons (Fsp3) is 0.316. The maximum Gasteiger partial charge on any atom is 0.319 e. The lowest BCUT2D eigenvalue weighted by molar-refractivity contribution is -0.121. The number of nitrogens with zero attached hydrogens (tertiary/aromatic N) is 1. The minimum Gasteiger partial charge on any atom is -0.334 e. The van der Waals surface area contributed by atoms with Crippen molar-refractivity contribution in [1.29, 1.82) is 0 Å². The van der Waals surface area contributed by atoms with Gasteiger partial charge in [-0.2, -0.15) is 0 Å². The van der Waals surface area contributed by atoms with Crippen molar-refractivity contribution in [3.63, 3.8) is 0 Å². The molecule has 1 aliphatic rings. The standard InChI is InChI=1S/C19H23N5O2.2ClH/c20-19(8-1-2-9-19)17(25)23-15-4-3-5-16(12-15)24-18(26)22-13-14-6-10-21-11-7-14;;/h3-7,10-12H,1-2,8-9,13,20H2,(H,23,25)(H2,22,24,26);2*1H. The third-order valence-corrected chi connectivity index (χ3v) is 4.53. The van der Waals surface area contributed by atoms with Crippen molar-refractivity contribution in [2.75, 3.05) is 10.6 Å². The van der Waals surface area contributed by atoms with Crippen molar-refractivity contribution >= 4 is 48.1 Å². The number of benzene rings is 1. The first-order valence-electron chi connectivity index (χ1n) is 8.69. The maximum atomic E-state index is 12.4. The Morgan fingerprint density at radius 3 is 2.25 bits per heavy atom. The van der Waals surface area contributed by atoms with Crippen LogP contribution in [0.1, 0.15) is 31.2 Å². The molecule has 28 heavy (non-hydrogen) atoms. The molecule has 1 aliphatic carbocycles. The van der Waals surface area contributed by atoms with Crippen LogP contribution >= 0.6 is 24.8 Å². The number of anilines is 2. The quantitative estimate of drug-likeness (QED) is 0.587. The summed E-state index contributed by atoms with van der Waals surface area (Å²) >= 11 is 0. The van der Waals surface area contributed by atoms with E-state index in [1.54, 1.807) is 36.7 Å². The summed E-state index contributed by atoms with van der Waals surface area (Å²) in [4.78, 5) is 28.4. The second-order valence-electron chi connectivity index (χ2n) is 6.56. The summed E-state index contributed by atoms with van der Waals surface area (Å²) in [6.45, 7) is 0.403. The van der Waals surface area contributed by atoms with Gasteiger partial charge in [-0.05, 0) is 48.7 Å². The van der Waals surface area contributed by atoms with Gasteiger partial charge in [0.05, 0.1) is 5.54 Å². The van der Waals surface area contributed by atoms with E-state index in [0.29, 0.717) is 30.8 Å². The largest absolute Gasteiger partial charge is 0.334 e. The fourth-order valence-electron chi connectivity index (χ4n) is 3.02. The number of urea groups is 1. The zero-order chi connectivity index (χ0) is 18.4. The number of aromatic nitrogens is 1. The number of nitrogens with two attached hydrogens (primary N) is 1. The van der Waals surface area contributed by atoms with E-state index in [2.05, 4.69) is 20.9 Å². The van der Waals surface area contributed by atoms with Crippen molar-refractivity contribution in [1.82, 2.24) is 10.3 Å². The van der Waals surface area contributed by atoms with Crippen molar-refractivity contribution in [2.24, 2.45) is 5.73 Å². The van der Waals surface area contributed by atoms with Crippen LogP contribution in [0.25, 0.3) is 0 Å². The summed E-state index contributed by atoms with van der Waals surface area (Å²) in [6.07, 6.45) is 6.71. The second-order valence-corrected chi connectivity index (χ2v) is 6.56. The van der Waals surface area contributed by atoms with Crippen LogP contribution in [0.3, 0.4) is 0 Å². The lowest BCUT2D eigenvalue weighted by atomic mass is 9.98. The number of pyridine rings is 1. The summed E-state index contributed by atoms with van der Waals surface area (Å²) in [5, 5.41) is 8.38. The third kappa shape index (κ3) is 6.37. The van der Waals surface area contributed by atoms with E-state index < -0.39 is 5.54 Å². The van der Waals surface area contributed by atoms with Crippen LogP contribution in [0.2, 0.25) is 0 Å². The van der Waals surface area contributed by atoms with Crippen LogP contribution in [0, 0.1) is 0 Å². The average molecular weight is 426 g/mol. The van der Waals surface area contributed by atoms with Crippen molar-refractivity contribution < 1.29 is 9.59 Å². The minimum absolute atomic E-state index is 0. The Morgan fingerprint density at radius 2 is 1.61 bits per heavy atom. The fourth-order valence-corrected chi connectivity index (χ4v) is 3.02. The smallest absolute Gasteiger partial charge is 0.319 e. The molecule has 2 aromatic rings. The van der Waals surface area contributed by atoms with Gasteiger partial charge in [-0.1, -0.05) is 18.9 Å². The Balaban J connectivity index is 0.00000196. The second kappa shape index (κ2) is 10.8. The van der Waals surface area contributed by atoms with Gasteiger partial charge in [0.15, 0.2) is 0 Å². The molecule has 0 bridgehead atoms. The van der Waals surface area contributed by atoms with Gasteiger partial charge in [0.25, 0.3) is 0 Å². The number of rotatable bonds is 5. The van der Waals surface area contributed by atoms with Crippen LogP contribution in [-0.4, -0.2) is 22.5 Å². The number of carbonyl (C=O) groups is 2. The number of hydrogen-bond acceptors (Lipinski definition) is 4. The summed E-state index contributed by atoms with van der Waals surface area (Å²) in [5.74, 6) is -0.172. The van der Waals surface area contributed by atoms with Gasteiger partial charge in [0.2, 0.25) is 5.91 Å². The SMILES string of the molecule is Cl.Cl.NC1(C(=O)Nc2cccc(NC(=O)NCc3ccncc3)c2)CCCC1. The molecule has 1 heterocycles. The van der Waals surface area contributed by atoms with Crippen LogP contribution < -0.4 is 21.7 Å². The predicted octanol–water partition coefficient (Wildman–Crippen LogP) is 3.46. The first kappa shape index (κ1) is 23.7. The monoisotopic (exact) mass is 425 g/mol. The molecule has 0 unspecified atom stereocenters. The molecule has 9 heteroatoms. The van der Waals surface area contributed by atoms with Crippen LogP contribution in [0.5, 0.6) is 0 Å². The Morgan fingerprint density at radius 1 is 1.00 bits per heavy atom. The topological polar surface area (TPSA) is 109 Å². The molecule has 3 amide bonds. The molecule has 0 spiro atoms. The molecule has 3 rings (SSSR count). The van der Waals surface area contributed by atoms with Gasteiger partial charge in [0, 0.05) is 30.3 Å². The minimum atomic E-state index is -0.786. The highest BCUT2D eigenvalue weighted by molar-refractivity contribution is 5.99. The van der Waals surface area contributed by atoms with Gasteiger partial charge < -0.3 is 21.7 Å². The van der Waals surface area contributed by atoms with E-state index in [-0.39, 0.29) is 36.8 Å². The summed E-state index contributed by atoms with van der Waals surface area (Å²) in [7, 11) is 0. The van der Waals surface area contributed by atoms with Gasteiger partial charge in [0.1, 0.15) is 0 Å². The summed E-state index contributed by atoms with van der Waals surface area (Å²) in [5.41, 5.74) is 7.54. The van der Waals surface area contributed by atoms with Gasteiger partial charge >= 0.3 is 6.03 Å². The van der Waals surface area contributed by atoms with E-state index in [1.807, 2.05) is 12.1 Å². The molecule has 0 saturated heterocycles. The molecule has 152 valence electrons.